The zero-order chi connectivity index (χ0) is 20.2. The number of hydrogen-bond donors (Lipinski definition) is 1. The van der Waals surface area contributed by atoms with Gasteiger partial charge in [-0.1, -0.05) is 53.7 Å². The average molecular weight is 475 g/mol. The van der Waals surface area contributed by atoms with Crippen molar-refractivity contribution >= 4 is 24.8 Å². The fraction of sp³-hybridized carbons (Fsp3) is 0.458. The summed E-state index contributed by atoms with van der Waals surface area (Å²) < 4.78 is 0. The van der Waals surface area contributed by atoms with E-state index in [2.05, 4.69) is 79.0 Å². The number of rotatable bonds is 6. The van der Waals surface area contributed by atoms with Gasteiger partial charge in [0, 0.05) is 32.6 Å². The first kappa shape index (κ1) is 24.6. The highest BCUT2D eigenvalue weighted by molar-refractivity contribution is 5.85. The predicted molar refractivity (Wildman–Crippen MR) is 132 cm³/mol. The van der Waals surface area contributed by atoms with E-state index in [1.807, 2.05) is 0 Å². The molecular weight excluding hydrogens is 443 g/mol. The number of aromatic nitrogens is 4. The Morgan fingerprint density at radius 3 is 2.03 bits per heavy atom. The summed E-state index contributed by atoms with van der Waals surface area (Å²) in [6.07, 6.45) is 5.49. The number of fused-ring (bicyclic) bond motifs is 2. The van der Waals surface area contributed by atoms with Crippen LogP contribution in [0.2, 0.25) is 0 Å². The fourth-order valence-corrected chi connectivity index (χ4v) is 5.04. The summed E-state index contributed by atoms with van der Waals surface area (Å²) in [4.78, 5) is 5.32. The third-order valence-corrected chi connectivity index (χ3v) is 6.65. The summed E-state index contributed by atoms with van der Waals surface area (Å²) in [6, 6.07) is 18.6. The maximum Gasteiger partial charge on any atom is 0.174 e. The highest BCUT2D eigenvalue weighted by Gasteiger charge is 2.30. The van der Waals surface area contributed by atoms with Crippen LogP contribution in [-0.4, -0.2) is 63.1 Å². The molecule has 0 bridgehead atoms. The van der Waals surface area contributed by atoms with E-state index < -0.39 is 0 Å². The molecule has 6 nitrogen and oxygen atoms in total. The molecule has 1 aromatic heterocycles. The topological polar surface area (TPSA) is 60.9 Å². The zero-order valence-electron chi connectivity index (χ0n) is 18.3. The predicted octanol–water partition coefficient (Wildman–Crippen LogP) is 3.87. The third-order valence-electron chi connectivity index (χ3n) is 6.65. The Morgan fingerprint density at radius 1 is 0.812 bits per heavy atom. The van der Waals surface area contributed by atoms with Crippen LogP contribution in [0, 0.1) is 0 Å². The summed E-state index contributed by atoms with van der Waals surface area (Å²) in [5, 5.41) is 14.2. The van der Waals surface area contributed by atoms with Gasteiger partial charge in [-0.15, -0.1) is 35.0 Å². The highest BCUT2D eigenvalue weighted by Crippen LogP contribution is 2.37. The number of halogens is 2. The monoisotopic (exact) mass is 474 g/mol. The summed E-state index contributed by atoms with van der Waals surface area (Å²) in [7, 11) is 0. The van der Waals surface area contributed by atoms with Gasteiger partial charge >= 0.3 is 0 Å². The molecule has 32 heavy (non-hydrogen) atoms. The molecule has 172 valence electrons. The van der Waals surface area contributed by atoms with Crippen molar-refractivity contribution in [2.24, 2.45) is 0 Å². The van der Waals surface area contributed by atoms with Gasteiger partial charge < -0.3 is 4.90 Å². The highest BCUT2D eigenvalue weighted by atomic mass is 35.5. The molecule has 5 rings (SSSR count). The minimum absolute atomic E-state index is 0. The molecule has 0 saturated carbocycles. The molecule has 0 amide bonds. The van der Waals surface area contributed by atoms with Crippen LogP contribution < -0.4 is 0 Å². The van der Waals surface area contributed by atoms with Crippen molar-refractivity contribution in [3.05, 3.63) is 76.6 Å². The molecule has 2 aliphatic rings. The normalized spacial score (nSPS) is 16.9. The number of benzene rings is 2. The second-order valence-corrected chi connectivity index (χ2v) is 8.46. The number of nitrogens with one attached hydrogen (secondary N) is 1. The largest absolute Gasteiger partial charge is 0.301 e. The number of aromatic amines is 1. The molecule has 2 aromatic carbocycles. The Kier molecular flexibility index (Phi) is 9.05. The lowest BCUT2D eigenvalue weighted by Crippen LogP contribution is -2.48. The molecule has 2 heterocycles. The van der Waals surface area contributed by atoms with Crippen molar-refractivity contribution in [3.8, 4) is 0 Å². The fourth-order valence-electron chi connectivity index (χ4n) is 5.04. The maximum absolute atomic E-state index is 4.04. The molecule has 0 spiro atoms. The molecule has 0 radical (unpaired) electrons. The van der Waals surface area contributed by atoms with Crippen LogP contribution in [0.25, 0.3) is 0 Å². The molecule has 0 unspecified atom stereocenters. The van der Waals surface area contributed by atoms with Gasteiger partial charge in [0.25, 0.3) is 0 Å². The molecule has 3 aromatic rings. The molecule has 1 saturated heterocycles. The smallest absolute Gasteiger partial charge is 0.174 e. The van der Waals surface area contributed by atoms with E-state index >= 15 is 0 Å². The van der Waals surface area contributed by atoms with Gasteiger partial charge in [0.15, 0.2) is 5.82 Å². The number of piperazine rings is 1. The SMILES string of the molecule is Cl.Cl.c1ccc2c(c1)CCc1ccccc1C2N1CCN(CCCCc2nn[nH]n2)CC1. The first-order valence-corrected chi connectivity index (χ1v) is 11.2. The van der Waals surface area contributed by atoms with Crippen molar-refractivity contribution in [1.29, 1.82) is 0 Å². The Balaban J connectivity index is 0.00000144. The molecule has 8 heteroatoms. The van der Waals surface area contributed by atoms with Crippen LogP contribution in [0.1, 0.15) is 47.0 Å². The number of nitrogens with zero attached hydrogens (tertiary/aromatic N) is 5. The van der Waals surface area contributed by atoms with Crippen LogP contribution in [0.15, 0.2) is 48.5 Å². The number of aryl methyl sites for hydroxylation is 3. The molecule has 1 N–H and O–H groups in total. The molecule has 1 aliphatic heterocycles. The van der Waals surface area contributed by atoms with Crippen molar-refractivity contribution in [1.82, 2.24) is 30.4 Å². The number of hydrogen-bond acceptors (Lipinski definition) is 5. The van der Waals surface area contributed by atoms with E-state index in [0.29, 0.717) is 6.04 Å². The Hall–Kier alpha value is -1.99. The zero-order valence-corrected chi connectivity index (χ0v) is 20.0. The van der Waals surface area contributed by atoms with Crippen LogP contribution in [-0.2, 0) is 19.3 Å². The van der Waals surface area contributed by atoms with Crippen LogP contribution >= 0.6 is 24.8 Å². The van der Waals surface area contributed by atoms with Gasteiger partial charge in [0.2, 0.25) is 0 Å². The lowest BCUT2D eigenvalue weighted by molar-refractivity contribution is 0.108. The van der Waals surface area contributed by atoms with Crippen LogP contribution in [0.5, 0.6) is 0 Å². The Labute approximate surface area is 202 Å². The Morgan fingerprint density at radius 2 is 1.44 bits per heavy atom. The van der Waals surface area contributed by atoms with E-state index in [0.717, 1.165) is 64.2 Å². The molecule has 0 atom stereocenters. The van der Waals surface area contributed by atoms with E-state index in [4.69, 9.17) is 0 Å². The second-order valence-electron chi connectivity index (χ2n) is 8.46. The van der Waals surface area contributed by atoms with Gasteiger partial charge in [-0.05, 0) is 54.5 Å². The standard InChI is InChI=1S/C24H30N6.2ClH/c1-3-9-21-19(7-1)12-13-20-8-2-4-10-22(20)24(21)30-17-15-29(16-18-30)14-6-5-11-23-25-27-28-26-23;;/h1-4,7-10,24H,5-6,11-18H2,(H,25,26,27,28);2*1H. The van der Waals surface area contributed by atoms with Gasteiger partial charge in [-0.25, -0.2) is 0 Å². The minimum atomic E-state index is 0. The Bertz CT molecular complexity index is 909. The van der Waals surface area contributed by atoms with Crippen LogP contribution in [0.4, 0.5) is 0 Å². The van der Waals surface area contributed by atoms with Gasteiger partial charge in [0.1, 0.15) is 0 Å². The van der Waals surface area contributed by atoms with E-state index in [9.17, 15) is 0 Å². The summed E-state index contributed by atoms with van der Waals surface area (Å²) >= 11 is 0. The number of tetrazole rings is 1. The number of H-pyrrole nitrogens is 1. The summed E-state index contributed by atoms with van der Waals surface area (Å²) in [6.45, 7) is 5.69. The second kappa shape index (κ2) is 11.8. The minimum Gasteiger partial charge on any atom is -0.301 e. The van der Waals surface area contributed by atoms with Crippen LogP contribution in [0.3, 0.4) is 0 Å². The first-order chi connectivity index (χ1) is 14.9. The van der Waals surface area contributed by atoms with Crippen molar-refractivity contribution in [2.45, 2.75) is 38.1 Å². The van der Waals surface area contributed by atoms with E-state index in [1.165, 1.54) is 28.7 Å². The van der Waals surface area contributed by atoms with Crippen molar-refractivity contribution in [3.63, 3.8) is 0 Å². The average Bonchev–Trinajstić information content (AvgIpc) is 3.25. The lowest BCUT2D eigenvalue weighted by Gasteiger charge is -2.40. The summed E-state index contributed by atoms with van der Waals surface area (Å²) in [5.41, 5.74) is 6.05. The van der Waals surface area contributed by atoms with Gasteiger partial charge in [0.05, 0.1) is 6.04 Å². The van der Waals surface area contributed by atoms with Gasteiger partial charge in [-0.3, -0.25) is 4.90 Å². The lowest BCUT2D eigenvalue weighted by atomic mass is 9.92. The number of unbranched alkanes of at least 4 members (excludes halogenated alkanes) is 1. The van der Waals surface area contributed by atoms with Crippen molar-refractivity contribution < 1.29 is 0 Å². The quantitative estimate of drug-likeness (QED) is 0.549. The van der Waals surface area contributed by atoms with Gasteiger partial charge in [-0.2, -0.15) is 5.21 Å². The van der Waals surface area contributed by atoms with E-state index in [1.54, 1.807) is 0 Å². The van der Waals surface area contributed by atoms with Crippen molar-refractivity contribution in [2.75, 3.05) is 32.7 Å². The first-order valence-electron chi connectivity index (χ1n) is 11.2. The third kappa shape index (κ3) is 5.49. The maximum atomic E-state index is 4.04. The van der Waals surface area contributed by atoms with E-state index in [-0.39, 0.29) is 24.8 Å². The molecule has 1 fully saturated rings. The molecular formula is C24H32Cl2N6. The molecule has 1 aliphatic carbocycles. The summed E-state index contributed by atoms with van der Waals surface area (Å²) in [5.74, 6) is 0.825.